The first-order valence-electron chi connectivity index (χ1n) is 11.9. The number of aromatic nitrogens is 2. The molecule has 0 spiro atoms. The van der Waals surface area contributed by atoms with E-state index in [0.717, 1.165) is 28.0 Å². The van der Waals surface area contributed by atoms with Gasteiger partial charge in [0.25, 0.3) is 0 Å². The van der Waals surface area contributed by atoms with Crippen LogP contribution in [0.1, 0.15) is 59.3 Å². The van der Waals surface area contributed by atoms with Gasteiger partial charge in [0.2, 0.25) is 12.3 Å². The third kappa shape index (κ3) is 4.29. The van der Waals surface area contributed by atoms with Crippen LogP contribution in [0.3, 0.4) is 0 Å². The maximum atomic E-state index is 14.6. The lowest BCUT2D eigenvalue weighted by Crippen LogP contribution is -2.15. The van der Waals surface area contributed by atoms with Crippen LogP contribution in [0.4, 0.5) is 10.1 Å². The summed E-state index contributed by atoms with van der Waals surface area (Å²) in [6.07, 6.45) is 7.40. The fraction of sp³-hybridized carbons (Fsp3) is 0.172. The number of halogens is 1. The van der Waals surface area contributed by atoms with Gasteiger partial charge in [-0.3, -0.25) is 0 Å². The van der Waals surface area contributed by atoms with E-state index in [1.807, 2.05) is 24.3 Å². The molecule has 1 aliphatic heterocycles. The number of nitrogens with one attached hydrogen (secondary N) is 2. The Morgan fingerprint density at radius 2 is 1.71 bits per heavy atom. The van der Waals surface area contributed by atoms with E-state index in [1.165, 1.54) is 36.8 Å². The lowest BCUT2D eigenvalue weighted by atomic mass is 9.73. The summed E-state index contributed by atoms with van der Waals surface area (Å²) < 4.78 is 19.8. The van der Waals surface area contributed by atoms with Crippen molar-refractivity contribution in [3.63, 3.8) is 0 Å². The molecule has 1 atom stereocenters. The summed E-state index contributed by atoms with van der Waals surface area (Å²) in [6, 6.07) is 25.1. The maximum absolute atomic E-state index is 14.6. The average Bonchev–Trinajstić information content (AvgIpc) is 3.52. The fourth-order valence-corrected chi connectivity index (χ4v) is 4.82. The van der Waals surface area contributed by atoms with Crippen LogP contribution in [0.5, 0.6) is 0 Å². The van der Waals surface area contributed by atoms with Crippen molar-refractivity contribution in [3.8, 4) is 0 Å². The van der Waals surface area contributed by atoms with Crippen LogP contribution in [0, 0.1) is 5.92 Å². The quantitative estimate of drug-likeness (QED) is 0.240. The van der Waals surface area contributed by atoms with Crippen LogP contribution in [-0.4, -0.2) is 10.2 Å². The second-order valence-corrected chi connectivity index (χ2v) is 8.95. The highest BCUT2D eigenvalue weighted by Gasteiger charge is 2.28. The van der Waals surface area contributed by atoms with Gasteiger partial charge in [-0.15, -0.1) is 10.2 Å². The van der Waals surface area contributed by atoms with Gasteiger partial charge in [-0.25, -0.2) is 9.82 Å². The topological polar surface area (TPSA) is 63.0 Å². The zero-order valence-electron chi connectivity index (χ0n) is 19.1. The zero-order valence-corrected chi connectivity index (χ0v) is 19.1. The SMILES string of the molecule is FC1NNc2ccc(/C(=C(/c3ccccc3)C3CCC3)c3ccc(/C=C/c4nnco4)cc3)cc21. The highest BCUT2D eigenvalue weighted by molar-refractivity contribution is 6.00. The van der Waals surface area contributed by atoms with Crippen molar-refractivity contribution in [1.82, 2.24) is 15.6 Å². The zero-order chi connectivity index (χ0) is 23.6. The van der Waals surface area contributed by atoms with E-state index < -0.39 is 6.30 Å². The Labute approximate surface area is 203 Å². The predicted octanol–water partition coefficient (Wildman–Crippen LogP) is 6.90. The Kier molecular flexibility index (Phi) is 5.72. The number of alkyl halides is 1. The van der Waals surface area contributed by atoms with Gasteiger partial charge < -0.3 is 9.84 Å². The summed E-state index contributed by atoms with van der Waals surface area (Å²) in [5, 5.41) is 7.60. The predicted molar refractivity (Wildman–Crippen MR) is 136 cm³/mol. The highest BCUT2D eigenvalue weighted by Crippen LogP contribution is 2.46. The number of rotatable bonds is 6. The van der Waals surface area contributed by atoms with E-state index in [9.17, 15) is 4.39 Å². The second kappa shape index (κ2) is 9.31. The molecule has 174 valence electrons. The largest absolute Gasteiger partial charge is 0.424 e. The molecule has 5 nitrogen and oxygen atoms in total. The van der Waals surface area contributed by atoms with E-state index in [1.54, 1.807) is 6.08 Å². The van der Waals surface area contributed by atoms with Crippen molar-refractivity contribution in [2.45, 2.75) is 25.6 Å². The van der Waals surface area contributed by atoms with Crippen molar-refractivity contribution in [2.24, 2.45) is 5.92 Å². The van der Waals surface area contributed by atoms with Crippen LogP contribution in [-0.2, 0) is 0 Å². The first-order chi connectivity index (χ1) is 17.3. The van der Waals surface area contributed by atoms with Gasteiger partial charge in [-0.2, -0.15) is 0 Å². The lowest BCUT2D eigenvalue weighted by molar-refractivity contribution is 0.314. The number of fused-ring (bicyclic) bond motifs is 1. The number of hydrogen-bond donors (Lipinski definition) is 2. The normalized spacial score (nSPS) is 18.1. The van der Waals surface area contributed by atoms with Crippen LogP contribution < -0.4 is 10.9 Å². The molecule has 1 saturated carbocycles. The summed E-state index contributed by atoms with van der Waals surface area (Å²) in [5.41, 5.74) is 13.9. The van der Waals surface area contributed by atoms with Gasteiger partial charge in [0.05, 0.1) is 5.69 Å². The summed E-state index contributed by atoms with van der Waals surface area (Å²) in [5.74, 6) is 0.947. The maximum Gasteiger partial charge on any atom is 0.240 e. The molecule has 2 heterocycles. The number of anilines is 1. The Bertz CT molecular complexity index is 1370. The molecular weight excluding hydrogens is 439 g/mol. The molecule has 1 aromatic heterocycles. The van der Waals surface area contributed by atoms with Crippen LogP contribution in [0.25, 0.3) is 23.3 Å². The molecule has 1 fully saturated rings. The standard InChI is InChI=1S/C29H25FN4O/c30-29-24-17-23(14-15-25(24)32-34-29)28(27(21-7-4-8-21)20-5-2-1-3-6-20)22-12-9-19(10-13-22)11-16-26-33-31-18-35-26/h1-3,5-6,9-18,21,29,32,34H,4,7-8H2/b16-11+,28-27-. The summed E-state index contributed by atoms with van der Waals surface area (Å²) >= 11 is 0. The number of allylic oxidation sites excluding steroid dienone is 1. The lowest BCUT2D eigenvalue weighted by Gasteiger charge is -2.31. The number of nitrogens with zero attached hydrogens (tertiary/aromatic N) is 2. The first-order valence-corrected chi connectivity index (χ1v) is 11.9. The van der Waals surface area contributed by atoms with Crippen molar-refractivity contribution < 1.29 is 8.81 Å². The van der Waals surface area contributed by atoms with Crippen molar-refractivity contribution in [2.75, 3.05) is 5.43 Å². The van der Waals surface area contributed by atoms with Gasteiger partial charge in [0, 0.05) is 11.6 Å². The Hall–Kier alpha value is -4.03. The van der Waals surface area contributed by atoms with E-state index in [4.69, 9.17) is 4.42 Å². The monoisotopic (exact) mass is 464 g/mol. The molecule has 6 rings (SSSR count). The average molecular weight is 465 g/mol. The molecule has 1 unspecified atom stereocenters. The molecule has 6 heteroatoms. The molecule has 1 aliphatic carbocycles. The molecule has 0 radical (unpaired) electrons. The summed E-state index contributed by atoms with van der Waals surface area (Å²) in [6.45, 7) is 0. The third-order valence-corrected chi connectivity index (χ3v) is 6.81. The van der Waals surface area contributed by atoms with Crippen LogP contribution in [0.2, 0.25) is 0 Å². The second-order valence-electron chi connectivity index (χ2n) is 8.95. The molecule has 0 amide bonds. The van der Waals surface area contributed by atoms with E-state index in [0.29, 0.717) is 17.4 Å². The van der Waals surface area contributed by atoms with E-state index in [2.05, 4.69) is 75.6 Å². The molecule has 4 aromatic rings. The van der Waals surface area contributed by atoms with Crippen molar-refractivity contribution >= 4 is 29.0 Å². The molecular formula is C29H25FN4O. The van der Waals surface area contributed by atoms with Gasteiger partial charge in [0.15, 0.2) is 6.30 Å². The van der Waals surface area contributed by atoms with E-state index >= 15 is 0 Å². The van der Waals surface area contributed by atoms with Gasteiger partial charge in [-0.05, 0) is 70.4 Å². The first kappa shape index (κ1) is 21.5. The Balaban J connectivity index is 1.49. The minimum absolute atomic E-state index is 0.465. The number of benzene rings is 3. The van der Waals surface area contributed by atoms with Crippen LogP contribution >= 0.6 is 0 Å². The van der Waals surface area contributed by atoms with Gasteiger partial charge in [-0.1, -0.05) is 67.1 Å². The molecule has 35 heavy (non-hydrogen) atoms. The highest BCUT2D eigenvalue weighted by atomic mass is 19.1. The number of hydrazine groups is 1. The Morgan fingerprint density at radius 3 is 2.43 bits per heavy atom. The minimum Gasteiger partial charge on any atom is -0.424 e. The molecule has 2 N–H and O–H groups in total. The van der Waals surface area contributed by atoms with Gasteiger partial charge >= 0.3 is 0 Å². The third-order valence-electron chi connectivity index (χ3n) is 6.81. The number of hydrogen-bond acceptors (Lipinski definition) is 5. The van der Waals surface area contributed by atoms with Crippen molar-refractivity contribution in [3.05, 3.63) is 113 Å². The van der Waals surface area contributed by atoms with E-state index in [-0.39, 0.29) is 0 Å². The fourth-order valence-electron chi connectivity index (χ4n) is 4.82. The van der Waals surface area contributed by atoms with Gasteiger partial charge in [0.1, 0.15) is 0 Å². The summed E-state index contributed by atoms with van der Waals surface area (Å²) in [4.78, 5) is 0. The Morgan fingerprint density at radius 1 is 0.914 bits per heavy atom. The van der Waals surface area contributed by atoms with Crippen molar-refractivity contribution in [1.29, 1.82) is 0 Å². The minimum atomic E-state index is -1.23. The molecule has 0 saturated heterocycles. The molecule has 3 aromatic carbocycles. The smallest absolute Gasteiger partial charge is 0.240 e. The molecule has 2 aliphatic rings. The van der Waals surface area contributed by atoms with Crippen LogP contribution in [0.15, 0.2) is 83.6 Å². The summed E-state index contributed by atoms with van der Waals surface area (Å²) in [7, 11) is 0. The molecule has 0 bridgehead atoms.